The molecule has 0 atom stereocenters. The molecule has 2 N–H and O–H groups in total. The van der Waals surface area contributed by atoms with Crippen LogP contribution in [0.3, 0.4) is 0 Å². The highest BCUT2D eigenvalue weighted by Crippen LogP contribution is 2.14. The lowest BCUT2D eigenvalue weighted by molar-refractivity contribution is 0.687. The van der Waals surface area contributed by atoms with E-state index in [-0.39, 0.29) is 0 Å². The number of rotatable bonds is 5. The molecule has 130 valence electrons. The second-order valence-corrected chi connectivity index (χ2v) is 7.05. The average Bonchev–Trinajstić information content (AvgIpc) is 3.14. The van der Waals surface area contributed by atoms with Crippen LogP contribution in [0.2, 0.25) is 0 Å². The maximum atomic E-state index is 5.34. The molecule has 2 heterocycles. The van der Waals surface area contributed by atoms with Gasteiger partial charge in [-0.2, -0.15) is 10.2 Å². The fourth-order valence-electron chi connectivity index (χ4n) is 2.37. The number of aryl methyl sites for hydroxylation is 2. The number of nitrogens with zero attached hydrogens (tertiary/aromatic N) is 4. The van der Waals surface area contributed by atoms with Crippen LogP contribution in [0.5, 0.6) is 0 Å². The molecule has 0 aliphatic carbocycles. The Morgan fingerprint density at radius 3 is 2.64 bits per heavy atom. The molecule has 25 heavy (non-hydrogen) atoms. The first-order chi connectivity index (χ1) is 12.0. The van der Waals surface area contributed by atoms with Crippen LogP contribution in [0.15, 0.2) is 47.3 Å². The smallest absolute Gasteiger partial charge is 0.171 e. The SMILES string of the molecule is Cc1ccc(Cn2cc(NC(=S)NCc3c(Br)cnn3C)cn2)cc1. The normalized spacial score (nSPS) is 10.7. The summed E-state index contributed by atoms with van der Waals surface area (Å²) < 4.78 is 4.64. The molecule has 0 aliphatic rings. The summed E-state index contributed by atoms with van der Waals surface area (Å²) in [4.78, 5) is 0. The molecule has 0 amide bonds. The number of thiocarbonyl (C=S) groups is 1. The summed E-state index contributed by atoms with van der Waals surface area (Å²) in [6.07, 6.45) is 5.47. The summed E-state index contributed by atoms with van der Waals surface area (Å²) in [5.74, 6) is 0. The van der Waals surface area contributed by atoms with Gasteiger partial charge < -0.3 is 10.6 Å². The van der Waals surface area contributed by atoms with E-state index in [0.29, 0.717) is 11.7 Å². The van der Waals surface area contributed by atoms with Crippen LogP contribution in [0.25, 0.3) is 0 Å². The number of halogens is 1. The third-order valence-electron chi connectivity index (χ3n) is 3.78. The van der Waals surface area contributed by atoms with Crippen LogP contribution in [0, 0.1) is 6.92 Å². The van der Waals surface area contributed by atoms with E-state index >= 15 is 0 Å². The third-order valence-corrected chi connectivity index (χ3v) is 4.69. The summed E-state index contributed by atoms with van der Waals surface area (Å²) >= 11 is 8.82. The van der Waals surface area contributed by atoms with Crippen LogP contribution < -0.4 is 10.6 Å². The van der Waals surface area contributed by atoms with Gasteiger partial charge in [0, 0.05) is 13.2 Å². The van der Waals surface area contributed by atoms with Crippen molar-refractivity contribution in [2.45, 2.75) is 20.0 Å². The molecule has 0 saturated heterocycles. The molecular formula is C17H19BrN6S. The maximum Gasteiger partial charge on any atom is 0.171 e. The lowest BCUT2D eigenvalue weighted by Gasteiger charge is -2.09. The second-order valence-electron chi connectivity index (χ2n) is 5.78. The number of hydrogen-bond donors (Lipinski definition) is 2. The Hall–Kier alpha value is -2.19. The van der Waals surface area contributed by atoms with E-state index in [2.05, 4.69) is 68.0 Å². The Kier molecular flexibility index (Phi) is 5.50. The number of aromatic nitrogens is 4. The van der Waals surface area contributed by atoms with Gasteiger partial charge in [0.15, 0.2) is 5.11 Å². The predicted molar refractivity (Wildman–Crippen MR) is 106 cm³/mol. The van der Waals surface area contributed by atoms with E-state index < -0.39 is 0 Å². The van der Waals surface area contributed by atoms with Crippen molar-refractivity contribution in [3.63, 3.8) is 0 Å². The zero-order valence-electron chi connectivity index (χ0n) is 14.0. The highest BCUT2D eigenvalue weighted by atomic mass is 79.9. The first-order valence-electron chi connectivity index (χ1n) is 7.80. The average molecular weight is 419 g/mol. The first-order valence-corrected chi connectivity index (χ1v) is 9.00. The first kappa shape index (κ1) is 17.6. The van der Waals surface area contributed by atoms with Crippen molar-refractivity contribution in [1.82, 2.24) is 24.9 Å². The van der Waals surface area contributed by atoms with E-state index in [1.54, 1.807) is 17.1 Å². The van der Waals surface area contributed by atoms with Crippen LogP contribution in [0.4, 0.5) is 5.69 Å². The second kappa shape index (κ2) is 7.79. The molecule has 0 spiro atoms. The lowest BCUT2D eigenvalue weighted by atomic mass is 10.1. The summed E-state index contributed by atoms with van der Waals surface area (Å²) in [6, 6.07) is 8.44. The van der Waals surface area contributed by atoms with Gasteiger partial charge in [-0.1, -0.05) is 29.8 Å². The van der Waals surface area contributed by atoms with Gasteiger partial charge in [0.1, 0.15) is 0 Å². The van der Waals surface area contributed by atoms with Gasteiger partial charge >= 0.3 is 0 Å². The topological polar surface area (TPSA) is 59.7 Å². The van der Waals surface area contributed by atoms with Crippen LogP contribution in [0.1, 0.15) is 16.8 Å². The zero-order chi connectivity index (χ0) is 17.8. The Bertz CT molecular complexity index is 848. The molecule has 0 bridgehead atoms. The Morgan fingerprint density at radius 2 is 1.96 bits per heavy atom. The molecule has 8 heteroatoms. The summed E-state index contributed by atoms with van der Waals surface area (Å²) in [6.45, 7) is 3.39. The molecule has 2 aromatic heterocycles. The summed E-state index contributed by atoms with van der Waals surface area (Å²) in [7, 11) is 1.90. The number of anilines is 1. The molecule has 0 fully saturated rings. The molecule has 0 radical (unpaired) electrons. The molecule has 0 unspecified atom stereocenters. The number of hydrogen-bond acceptors (Lipinski definition) is 3. The minimum atomic E-state index is 0.544. The molecular weight excluding hydrogens is 400 g/mol. The zero-order valence-corrected chi connectivity index (χ0v) is 16.4. The highest BCUT2D eigenvalue weighted by Gasteiger charge is 2.07. The van der Waals surface area contributed by atoms with Gasteiger partial charge in [0.25, 0.3) is 0 Å². The maximum absolute atomic E-state index is 5.34. The van der Waals surface area contributed by atoms with E-state index in [0.717, 1.165) is 22.4 Å². The molecule has 0 aliphatic heterocycles. The van der Waals surface area contributed by atoms with Gasteiger partial charge in [-0.3, -0.25) is 9.36 Å². The van der Waals surface area contributed by atoms with Crippen LogP contribution in [-0.4, -0.2) is 24.7 Å². The van der Waals surface area contributed by atoms with Crippen LogP contribution in [-0.2, 0) is 20.1 Å². The van der Waals surface area contributed by atoms with Gasteiger partial charge in [0.2, 0.25) is 0 Å². The third kappa shape index (κ3) is 4.67. The highest BCUT2D eigenvalue weighted by molar-refractivity contribution is 9.10. The van der Waals surface area contributed by atoms with Crippen molar-refractivity contribution in [3.8, 4) is 0 Å². The van der Waals surface area contributed by atoms with E-state index in [1.165, 1.54) is 11.1 Å². The van der Waals surface area contributed by atoms with Gasteiger partial charge in [-0.05, 0) is 40.6 Å². The molecule has 1 aromatic carbocycles. The Labute approximate surface area is 160 Å². The Morgan fingerprint density at radius 1 is 1.20 bits per heavy atom. The summed E-state index contributed by atoms with van der Waals surface area (Å²) in [5, 5.41) is 15.4. The van der Waals surface area contributed by atoms with Crippen molar-refractivity contribution in [1.29, 1.82) is 0 Å². The Balaban J connectivity index is 1.54. The predicted octanol–water partition coefficient (Wildman–Crippen LogP) is 3.22. The van der Waals surface area contributed by atoms with Crippen molar-refractivity contribution in [2.24, 2.45) is 7.05 Å². The van der Waals surface area contributed by atoms with Gasteiger partial charge in [0.05, 0.1) is 41.3 Å². The molecule has 0 saturated carbocycles. The summed E-state index contributed by atoms with van der Waals surface area (Å²) in [5.41, 5.74) is 4.35. The van der Waals surface area contributed by atoms with Gasteiger partial charge in [-0.15, -0.1) is 0 Å². The van der Waals surface area contributed by atoms with Crippen LogP contribution >= 0.6 is 28.1 Å². The fraction of sp³-hybridized carbons (Fsp3) is 0.235. The minimum absolute atomic E-state index is 0.544. The molecule has 3 aromatic rings. The minimum Gasteiger partial charge on any atom is -0.357 e. The van der Waals surface area contributed by atoms with Gasteiger partial charge in [-0.25, -0.2) is 0 Å². The van der Waals surface area contributed by atoms with E-state index in [4.69, 9.17) is 12.2 Å². The molecule has 6 nitrogen and oxygen atoms in total. The van der Waals surface area contributed by atoms with Crippen molar-refractivity contribution in [2.75, 3.05) is 5.32 Å². The fourth-order valence-corrected chi connectivity index (χ4v) is 3.05. The van der Waals surface area contributed by atoms with Crippen molar-refractivity contribution in [3.05, 3.63) is 64.1 Å². The molecule has 3 rings (SSSR count). The van der Waals surface area contributed by atoms with E-state index in [1.807, 2.05) is 17.9 Å². The number of benzene rings is 1. The standard InChI is InChI=1S/C17H19BrN6S/c1-12-3-5-13(6-4-12)10-24-11-14(7-21-24)22-17(25)19-9-16-15(18)8-20-23(16)2/h3-8,11H,9-10H2,1-2H3,(H2,19,22,25). The number of nitrogens with one attached hydrogen (secondary N) is 2. The van der Waals surface area contributed by atoms with Crippen molar-refractivity contribution < 1.29 is 0 Å². The lowest BCUT2D eigenvalue weighted by Crippen LogP contribution is -2.28. The quantitative estimate of drug-likeness (QED) is 0.622. The van der Waals surface area contributed by atoms with E-state index in [9.17, 15) is 0 Å². The monoisotopic (exact) mass is 418 g/mol. The largest absolute Gasteiger partial charge is 0.357 e. The van der Waals surface area contributed by atoms with Crippen molar-refractivity contribution >= 4 is 38.9 Å².